The summed E-state index contributed by atoms with van der Waals surface area (Å²) in [6.45, 7) is 1.88. The van der Waals surface area contributed by atoms with Crippen molar-refractivity contribution in [2.45, 2.75) is 19.3 Å². The monoisotopic (exact) mass is 390 g/mol. The third-order valence-electron chi connectivity index (χ3n) is 5.28. The number of hydrogen-bond acceptors (Lipinski definition) is 4. The molecule has 0 saturated carbocycles. The largest absolute Gasteiger partial charge is 0.355 e. The summed E-state index contributed by atoms with van der Waals surface area (Å²) in [5, 5.41) is 2.69. The fourth-order valence-electron chi connectivity index (χ4n) is 3.64. The normalized spacial score (nSPS) is 14.6. The van der Waals surface area contributed by atoms with Crippen LogP contribution in [0.2, 0.25) is 0 Å². The van der Waals surface area contributed by atoms with Gasteiger partial charge in [-0.05, 0) is 55.0 Å². The zero-order valence-corrected chi connectivity index (χ0v) is 16.1. The Labute approximate surface area is 169 Å². The molecule has 1 fully saturated rings. The lowest BCUT2D eigenvalue weighted by Gasteiger charge is -2.32. The van der Waals surface area contributed by atoms with Crippen LogP contribution in [-0.4, -0.2) is 29.0 Å². The minimum absolute atomic E-state index is 0.233. The molecule has 4 rings (SSSR count). The molecule has 1 amide bonds. The van der Waals surface area contributed by atoms with Crippen LogP contribution < -0.4 is 10.2 Å². The Morgan fingerprint density at radius 2 is 1.72 bits per heavy atom. The minimum atomic E-state index is -0.364. The molecule has 0 aliphatic carbocycles. The Kier molecular flexibility index (Phi) is 5.79. The molecule has 6 heteroatoms. The van der Waals surface area contributed by atoms with Gasteiger partial charge in [0.1, 0.15) is 17.3 Å². The number of piperidine rings is 1. The summed E-state index contributed by atoms with van der Waals surface area (Å²) in [6, 6.07) is 16.2. The third-order valence-corrected chi connectivity index (χ3v) is 5.28. The van der Waals surface area contributed by atoms with Gasteiger partial charge in [-0.15, -0.1) is 0 Å². The van der Waals surface area contributed by atoms with Crippen LogP contribution in [0.1, 0.15) is 28.9 Å². The SMILES string of the molecule is O=C(Nc1ccc(F)cc1)c1cnc(N2CCC(Cc3ccccc3)CC2)cn1. The molecule has 1 N–H and O–H groups in total. The van der Waals surface area contributed by atoms with E-state index in [2.05, 4.69) is 44.5 Å². The second-order valence-electron chi connectivity index (χ2n) is 7.34. The van der Waals surface area contributed by atoms with E-state index in [4.69, 9.17) is 0 Å². The van der Waals surface area contributed by atoms with Crippen LogP contribution in [-0.2, 0) is 6.42 Å². The maximum atomic E-state index is 13.0. The molecule has 1 aliphatic heterocycles. The molecule has 5 nitrogen and oxygen atoms in total. The van der Waals surface area contributed by atoms with Gasteiger partial charge in [-0.1, -0.05) is 30.3 Å². The molecule has 0 radical (unpaired) electrons. The first-order chi connectivity index (χ1) is 14.2. The second-order valence-corrected chi connectivity index (χ2v) is 7.34. The van der Waals surface area contributed by atoms with E-state index in [0.29, 0.717) is 11.6 Å². The summed E-state index contributed by atoms with van der Waals surface area (Å²) in [5.41, 5.74) is 2.14. The lowest BCUT2D eigenvalue weighted by atomic mass is 9.90. The van der Waals surface area contributed by atoms with Gasteiger partial charge in [0.25, 0.3) is 5.91 Å². The van der Waals surface area contributed by atoms with Crippen molar-refractivity contribution in [3.63, 3.8) is 0 Å². The number of amides is 1. The molecule has 1 saturated heterocycles. The number of carbonyl (C=O) groups is 1. The first-order valence-corrected chi connectivity index (χ1v) is 9.85. The highest BCUT2D eigenvalue weighted by atomic mass is 19.1. The predicted octanol–water partition coefficient (Wildman–Crippen LogP) is 4.33. The smallest absolute Gasteiger partial charge is 0.275 e. The minimum Gasteiger partial charge on any atom is -0.355 e. The average Bonchev–Trinajstić information content (AvgIpc) is 2.77. The number of halogens is 1. The van der Waals surface area contributed by atoms with Crippen LogP contribution in [0.25, 0.3) is 0 Å². The van der Waals surface area contributed by atoms with Crippen LogP contribution in [0, 0.1) is 11.7 Å². The molecule has 29 heavy (non-hydrogen) atoms. The van der Waals surface area contributed by atoms with Crippen LogP contribution in [0.5, 0.6) is 0 Å². The second kappa shape index (κ2) is 8.82. The summed E-state index contributed by atoms with van der Waals surface area (Å²) in [5.74, 6) is 0.765. The number of benzene rings is 2. The van der Waals surface area contributed by atoms with Crippen molar-refractivity contribution in [1.29, 1.82) is 0 Å². The highest BCUT2D eigenvalue weighted by molar-refractivity contribution is 6.02. The Balaban J connectivity index is 1.31. The van der Waals surface area contributed by atoms with Crippen LogP contribution in [0.3, 0.4) is 0 Å². The van der Waals surface area contributed by atoms with E-state index in [9.17, 15) is 9.18 Å². The number of anilines is 2. The molecule has 0 spiro atoms. The van der Waals surface area contributed by atoms with Crippen molar-refractivity contribution in [1.82, 2.24) is 9.97 Å². The zero-order chi connectivity index (χ0) is 20.1. The van der Waals surface area contributed by atoms with Gasteiger partial charge in [-0.25, -0.2) is 14.4 Å². The molecule has 2 heterocycles. The summed E-state index contributed by atoms with van der Waals surface area (Å²) >= 11 is 0. The number of aromatic nitrogens is 2. The highest BCUT2D eigenvalue weighted by Crippen LogP contribution is 2.24. The van der Waals surface area contributed by atoms with Gasteiger partial charge in [-0.3, -0.25) is 4.79 Å². The maximum Gasteiger partial charge on any atom is 0.275 e. The number of carbonyl (C=O) groups excluding carboxylic acids is 1. The maximum absolute atomic E-state index is 13.0. The van der Waals surface area contributed by atoms with Crippen LogP contribution in [0.4, 0.5) is 15.9 Å². The first kappa shape index (κ1) is 19.1. The average molecular weight is 390 g/mol. The molecular weight excluding hydrogens is 367 g/mol. The van der Waals surface area contributed by atoms with Crippen molar-refractivity contribution in [2.75, 3.05) is 23.3 Å². The summed E-state index contributed by atoms with van der Waals surface area (Å²) < 4.78 is 13.0. The van der Waals surface area contributed by atoms with Gasteiger partial charge in [0.2, 0.25) is 0 Å². The lowest BCUT2D eigenvalue weighted by Crippen LogP contribution is -2.35. The number of nitrogens with one attached hydrogen (secondary N) is 1. The molecule has 3 aromatic rings. The molecule has 2 aromatic carbocycles. The standard InChI is InChI=1S/C23H23FN4O/c24-19-6-8-20(9-7-19)27-23(29)21-15-26-22(16-25-21)28-12-10-18(11-13-28)14-17-4-2-1-3-5-17/h1-9,15-16,18H,10-14H2,(H,27,29). The van der Waals surface area contributed by atoms with Gasteiger partial charge >= 0.3 is 0 Å². The van der Waals surface area contributed by atoms with Gasteiger partial charge < -0.3 is 10.2 Å². The highest BCUT2D eigenvalue weighted by Gasteiger charge is 2.21. The first-order valence-electron chi connectivity index (χ1n) is 9.85. The van der Waals surface area contributed by atoms with E-state index in [-0.39, 0.29) is 17.4 Å². The molecule has 148 valence electrons. The quantitative estimate of drug-likeness (QED) is 0.705. The molecule has 0 atom stereocenters. The van der Waals surface area contributed by atoms with E-state index < -0.39 is 0 Å². The summed E-state index contributed by atoms with van der Waals surface area (Å²) in [7, 11) is 0. The van der Waals surface area contributed by atoms with E-state index in [1.54, 1.807) is 6.20 Å². The van der Waals surface area contributed by atoms with Crippen LogP contribution in [0.15, 0.2) is 67.0 Å². The zero-order valence-electron chi connectivity index (χ0n) is 16.1. The van der Waals surface area contributed by atoms with Crippen molar-refractivity contribution < 1.29 is 9.18 Å². The van der Waals surface area contributed by atoms with Gasteiger partial charge in [0.15, 0.2) is 0 Å². The van der Waals surface area contributed by atoms with Gasteiger partial charge in [0, 0.05) is 18.8 Å². The Bertz CT molecular complexity index is 937. The van der Waals surface area contributed by atoms with Crippen molar-refractivity contribution in [3.8, 4) is 0 Å². The Morgan fingerprint density at radius 3 is 2.38 bits per heavy atom. The summed E-state index contributed by atoms with van der Waals surface area (Å²) in [6.07, 6.45) is 6.48. The topological polar surface area (TPSA) is 58.1 Å². The molecule has 1 aliphatic rings. The molecule has 0 bridgehead atoms. The number of nitrogens with zero attached hydrogens (tertiary/aromatic N) is 3. The Morgan fingerprint density at radius 1 is 1.00 bits per heavy atom. The number of hydrogen-bond donors (Lipinski definition) is 1. The van der Waals surface area contributed by atoms with Gasteiger partial charge in [0.05, 0.1) is 12.4 Å². The van der Waals surface area contributed by atoms with E-state index in [1.807, 2.05) is 6.07 Å². The van der Waals surface area contributed by atoms with Crippen molar-refractivity contribution in [2.24, 2.45) is 5.92 Å². The summed E-state index contributed by atoms with van der Waals surface area (Å²) in [4.78, 5) is 23.2. The molecular formula is C23H23FN4O. The fourth-order valence-corrected chi connectivity index (χ4v) is 3.64. The Hall–Kier alpha value is -3.28. The van der Waals surface area contributed by atoms with E-state index >= 15 is 0 Å². The van der Waals surface area contributed by atoms with E-state index in [1.165, 1.54) is 36.0 Å². The number of rotatable bonds is 5. The van der Waals surface area contributed by atoms with E-state index in [0.717, 1.165) is 38.2 Å². The van der Waals surface area contributed by atoms with Crippen molar-refractivity contribution in [3.05, 3.63) is 84.1 Å². The predicted molar refractivity (Wildman–Crippen MR) is 111 cm³/mol. The van der Waals surface area contributed by atoms with Crippen LogP contribution >= 0.6 is 0 Å². The molecule has 1 aromatic heterocycles. The van der Waals surface area contributed by atoms with Crippen molar-refractivity contribution >= 4 is 17.4 Å². The molecule has 0 unspecified atom stereocenters. The lowest BCUT2D eigenvalue weighted by molar-refractivity contribution is 0.102. The fraction of sp³-hybridized carbons (Fsp3) is 0.261. The van der Waals surface area contributed by atoms with Gasteiger partial charge in [-0.2, -0.15) is 0 Å². The third kappa shape index (κ3) is 4.96.